The molecule has 164 valence electrons. The molecule has 0 radical (unpaired) electrons. The van der Waals surface area contributed by atoms with Gasteiger partial charge in [0.2, 0.25) is 5.91 Å². The first-order valence-corrected chi connectivity index (χ1v) is 11.6. The van der Waals surface area contributed by atoms with Crippen LogP contribution in [0.15, 0.2) is 53.7 Å². The number of carbonyl (C=O) groups excluding carboxylic acids is 2. The van der Waals surface area contributed by atoms with E-state index in [2.05, 4.69) is 25.4 Å². The molecule has 7 nitrogen and oxygen atoms in total. The molecule has 32 heavy (non-hydrogen) atoms. The van der Waals surface area contributed by atoms with Crippen LogP contribution in [0.2, 0.25) is 0 Å². The Hall–Kier alpha value is -3.20. The summed E-state index contributed by atoms with van der Waals surface area (Å²) in [5.74, 6) is 0.743. The minimum Gasteiger partial charge on any atom is -0.325 e. The molecular weight excluding hydrogens is 429 g/mol. The highest BCUT2D eigenvalue weighted by molar-refractivity contribution is 7.99. The molecule has 3 aromatic rings. The van der Waals surface area contributed by atoms with Gasteiger partial charge in [0.15, 0.2) is 5.16 Å². The second kappa shape index (κ2) is 8.74. The van der Waals surface area contributed by atoms with Crippen LogP contribution in [0.25, 0.3) is 0 Å². The third kappa shape index (κ3) is 4.67. The fourth-order valence-electron chi connectivity index (χ4n) is 3.52. The number of para-hydroxylation sites is 1. The molecule has 0 unspecified atom stereocenters. The van der Waals surface area contributed by atoms with Gasteiger partial charge in [0.25, 0.3) is 5.91 Å². The van der Waals surface area contributed by atoms with Gasteiger partial charge in [-0.05, 0) is 62.1 Å². The molecule has 0 aliphatic heterocycles. The van der Waals surface area contributed by atoms with Crippen molar-refractivity contribution >= 4 is 35.0 Å². The molecule has 5 rings (SSSR count). The van der Waals surface area contributed by atoms with Crippen molar-refractivity contribution in [1.29, 1.82) is 0 Å². The Bertz CT molecular complexity index is 1160. The molecule has 2 amide bonds. The maximum Gasteiger partial charge on any atom is 0.257 e. The van der Waals surface area contributed by atoms with E-state index in [-0.39, 0.29) is 23.4 Å². The number of nitrogens with zero attached hydrogens (tertiary/aromatic N) is 3. The van der Waals surface area contributed by atoms with Gasteiger partial charge in [-0.2, -0.15) is 0 Å². The van der Waals surface area contributed by atoms with Crippen molar-refractivity contribution in [3.63, 3.8) is 0 Å². The van der Waals surface area contributed by atoms with Gasteiger partial charge in [-0.1, -0.05) is 23.9 Å². The molecule has 0 bridgehead atoms. The fourth-order valence-corrected chi connectivity index (χ4v) is 4.33. The van der Waals surface area contributed by atoms with Crippen LogP contribution in [0.4, 0.5) is 15.8 Å². The van der Waals surface area contributed by atoms with E-state index < -0.39 is 0 Å². The SMILES string of the molecule is O=C(CSc1nnc(C2CC2)n1C1CC1)Nc1ccccc1C(=O)Nc1ccc(F)cc1. The summed E-state index contributed by atoms with van der Waals surface area (Å²) in [4.78, 5) is 25.3. The lowest BCUT2D eigenvalue weighted by atomic mass is 10.1. The maximum absolute atomic E-state index is 13.1. The summed E-state index contributed by atoms with van der Waals surface area (Å²) in [5.41, 5.74) is 1.21. The van der Waals surface area contributed by atoms with Crippen molar-refractivity contribution in [3.05, 3.63) is 65.7 Å². The van der Waals surface area contributed by atoms with Gasteiger partial charge in [0.1, 0.15) is 11.6 Å². The Morgan fingerprint density at radius 3 is 2.47 bits per heavy atom. The first-order valence-electron chi connectivity index (χ1n) is 10.6. The first kappa shape index (κ1) is 20.7. The lowest BCUT2D eigenvalue weighted by Gasteiger charge is -2.12. The van der Waals surface area contributed by atoms with Crippen LogP contribution in [-0.4, -0.2) is 32.3 Å². The minimum atomic E-state index is -0.386. The molecular formula is C23H22FN5O2S. The quantitative estimate of drug-likeness (QED) is 0.488. The summed E-state index contributed by atoms with van der Waals surface area (Å²) in [6.45, 7) is 0. The minimum absolute atomic E-state index is 0.170. The Balaban J connectivity index is 1.23. The first-order chi connectivity index (χ1) is 15.6. The fraction of sp³-hybridized carbons (Fsp3) is 0.304. The van der Waals surface area contributed by atoms with Crippen LogP contribution >= 0.6 is 11.8 Å². The number of aromatic nitrogens is 3. The van der Waals surface area contributed by atoms with Gasteiger partial charge in [-0.25, -0.2) is 4.39 Å². The molecule has 0 spiro atoms. The van der Waals surface area contributed by atoms with Crippen molar-refractivity contribution in [2.75, 3.05) is 16.4 Å². The Labute approximate surface area is 188 Å². The molecule has 2 aliphatic rings. The highest BCUT2D eigenvalue weighted by Gasteiger charge is 2.36. The van der Waals surface area contributed by atoms with E-state index in [9.17, 15) is 14.0 Å². The third-order valence-corrected chi connectivity index (χ3v) is 6.37. The summed E-state index contributed by atoms with van der Waals surface area (Å²) in [6.07, 6.45) is 4.58. The lowest BCUT2D eigenvalue weighted by Crippen LogP contribution is -2.19. The van der Waals surface area contributed by atoms with Crippen molar-refractivity contribution in [1.82, 2.24) is 14.8 Å². The van der Waals surface area contributed by atoms with Gasteiger partial charge < -0.3 is 15.2 Å². The zero-order chi connectivity index (χ0) is 22.1. The van der Waals surface area contributed by atoms with Crippen molar-refractivity contribution in [3.8, 4) is 0 Å². The standard InChI is InChI=1S/C23H22FN5O2S/c24-15-7-9-16(10-8-15)25-22(31)18-3-1-2-4-19(18)26-20(30)13-32-23-28-27-21(14-5-6-14)29(23)17-11-12-17/h1-4,7-10,14,17H,5-6,11-13H2,(H,25,31)(H,26,30). The van der Waals surface area contributed by atoms with Gasteiger partial charge in [-0.15, -0.1) is 10.2 Å². The summed E-state index contributed by atoms with van der Waals surface area (Å²) in [6, 6.07) is 12.8. The number of amides is 2. The van der Waals surface area contributed by atoms with E-state index in [1.54, 1.807) is 24.3 Å². The molecule has 2 aromatic carbocycles. The van der Waals surface area contributed by atoms with E-state index in [4.69, 9.17) is 0 Å². The molecule has 2 fully saturated rings. The van der Waals surface area contributed by atoms with E-state index in [1.807, 2.05) is 0 Å². The van der Waals surface area contributed by atoms with Crippen LogP contribution in [0.5, 0.6) is 0 Å². The summed E-state index contributed by atoms with van der Waals surface area (Å²) in [7, 11) is 0. The Morgan fingerprint density at radius 1 is 1.00 bits per heavy atom. The van der Waals surface area contributed by atoms with Gasteiger partial charge in [0, 0.05) is 17.6 Å². The van der Waals surface area contributed by atoms with E-state index in [0.717, 1.165) is 36.7 Å². The van der Waals surface area contributed by atoms with E-state index >= 15 is 0 Å². The molecule has 2 aliphatic carbocycles. The maximum atomic E-state index is 13.1. The smallest absolute Gasteiger partial charge is 0.257 e. The molecule has 2 N–H and O–H groups in total. The van der Waals surface area contributed by atoms with Crippen LogP contribution in [0, 0.1) is 5.82 Å². The number of benzene rings is 2. The number of carbonyl (C=O) groups is 2. The zero-order valence-corrected chi connectivity index (χ0v) is 18.1. The van der Waals surface area contributed by atoms with Crippen molar-refractivity contribution < 1.29 is 14.0 Å². The number of anilines is 2. The number of hydrogen-bond donors (Lipinski definition) is 2. The molecule has 0 atom stereocenters. The normalized spacial score (nSPS) is 15.4. The Morgan fingerprint density at radius 2 is 1.75 bits per heavy atom. The predicted molar refractivity (Wildman–Crippen MR) is 120 cm³/mol. The zero-order valence-electron chi connectivity index (χ0n) is 17.3. The molecule has 1 aromatic heterocycles. The third-order valence-electron chi connectivity index (χ3n) is 5.43. The number of hydrogen-bond acceptors (Lipinski definition) is 5. The molecule has 2 saturated carbocycles. The second-order valence-electron chi connectivity index (χ2n) is 8.06. The average molecular weight is 452 g/mol. The second-order valence-corrected chi connectivity index (χ2v) is 9.00. The average Bonchev–Trinajstić information content (AvgIpc) is 3.73. The summed E-state index contributed by atoms with van der Waals surface area (Å²) < 4.78 is 15.3. The van der Waals surface area contributed by atoms with Gasteiger partial charge in [-0.3, -0.25) is 9.59 Å². The van der Waals surface area contributed by atoms with Crippen molar-refractivity contribution in [2.24, 2.45) is 0 Å². The van der Waals surface area contributed by atoms with Crippen LogP contribution < -0.4 is 10.6 Å². The van der Waals surface area contributed by atoms with E-state index in [0.29, 0.717) is 28.9 Å². The monoisotopic (exact) mass is 451 g/mol. The van der Waals surface area contributed by atoms with Gasteiger partial charge >= 0.3 is 0 Å². The van der Waals surface area contributed by atoms with Crippen molar-refractivity contribution in [2.45, 2.75) is 42.8 Å². The number of nitrogens with one attached hydrogen (secondary N) is 2. The van der Waals surface area contributed by atoms with Crippen LogP contribution in [0.1, 0.15) is 53.8 Å². The molecule has 1 heterocycles. The largest absolute Gasteiger partial charge is 0.325 e. The molecule has 0 saturated heterocycles. The number of halogens is 1. The highest BCUT2D eigenvalue weighted by atomic mass is 32.2. The number of rotatable bonds is 8. The lowest BCUT2D eigenvalue weighted by molar-refractivity contribution is -0.113. The van der Waals surface area contributed by atoms with Crippen LogP contribution in [0.3, 0.4) is 0 Å². The Kier molecular flexibility index (Phi) is 5.65. The van der Waals surface area contributed by atoms with E-state index in [1.165, 1.54) is 36.0 Å². The number of thioether (sulfide) groups is 1. The summed E-state index contributed by atoms with van der Waals surface area (Å²) in [5, 5.41) is 15.0. The van der Waals surface area contributed by atoms with Crippen LogP contribution in [-0.2, 0) is 4.79 Å². The topological polar surface area (TPSA) is 88.9 Å². The molecule has 9 heteroatoms. The summed E-state index contributed by atoms with van der Waals surface area (Å²) >= 11 is 1.37. The van der Waals surface area contributed by atoms with Gasteiger partial charge in [0.05, 0.1) is 17.0 Å². The predicted octanol–water partition coefficient (Wildman–Crippen LogP) is 4.61. The highest BCUT2D eigenvalue weighted by Crippen LogP contribution is 2.46.